The van der Waals surface area contributed by atoms with Gasteiger partial charge >= 0.3 is 0 Å². The number of benzene rings is 3. The molecule has 1 aliphatic heterocycles. The van der Waals surface area contributed by atoms with Crippen LogP contribution in [0.4, 0.5) is 5.69 Å². The van der Waals surface area contributed by atoms with Gasteiger partial charge in [0.05, 0.1) is 0 Å². The van der Waals surface area contributed by atoms with E-state index < -0.39 is 0 Å². The summed E-state index contributed by atoms with van der Waals surface area (Å²) in [6, 6.07) is 17.7. The molecule has 0 aromatic heterocycles. The second-order valence-electron chi connectivity index (χ2n) is 4.73. The van der Waals surface area contributed by atoms with Crippen molar-refractivity contribution in [3.8, 4) is 0 Å². The average molecular weight is 219 g/mol. The maximum Gasteiger partial charge on any atom is 0.0379 e. The lowest BCUT2D eigenvalue weighted by molar-refractivity contribution is 1.11. The van der Waals surface area contributed by atoms with Crippen LogP contribution < -0.4 is 5.32 Å². The van der Waals surface area contributed by atoms with Crippen LogP contribution in [0.3, 0.4) is 0 Å². The first-order chi connectivity index (χ1) is 8.40. The first kappa shape index (κ1) is 9.06. The van der Waals surface area contributed by atoms with Crippen molar-refractivity contribution in [2.24, 2.45) is 0 Å². The largest absolute Gasteiger partial charge is 0.384 e. The molecule has 4 rings (SSSR count). The van der Waals surface area contributed by atoms with Crippen LogP contribution in [0, 0.1) is 0 Å². The molecule has 0 unspecified atom stereocenters. The van der Waals surface area contributed by atoms with Crippen LogP contribution in [0.1, 0.15) is 5.56 Å². The molecular formula is C16H13N. The number of hydrogen-bond donors (Lipinski definition) is 1. The third kappa shape index (κ3) is 1.32. The minimum atomic E-state index is 1.07. The topological polar surface area (TPSA) is 12.0 Å². The van der Waals surface area contributed by atoms with Crippen molar-refractivity contribution < 1.29 is 0 Å². The molecule has 0 saturated carbocycles. The molecule has 3 aromatic carbocycles. The fourth-order valence-electron chi connectivity index (χ4n) is 2.74. The molecule has 0 radical (unpaired) electrons. The molecule has 0 spiro atoms. The Bertz CT molecular complexity index is 666. The van der Waals surface area contributed by atoms with Gasteiger partial charge in [0.1, 0.15) is 0 Å². The predicted octanol–water partition coefficient (Wildman–Crippen LogP) is 3.96. The number of anilines is 1. The first-order valence-corrected chi connectivity index (χ1v) is 6.09. The Morgan fingerprint density at radius 3 is 2.24 bits per heavy atom. The number of hydrogen-bond acceptors (Lipinski definition) is 1. The number of nitrogens with one attached hydrogen (secondary N) is 1. The van der Waals surface area contributed by atoms with E-state index in [1.165, 1.54) is 32.8 Å². The minimum absolute atomic E-state index is 1.07. The lowest BCUT2D eigenvalue weighted by Gasteiger charge is -2.05. The van der Waals surface area contributed by atoms with Crippen LogP contribution in [0.15, 0.2) is 48.5 Å². The van der Waals surface area contributed by atoms with E-state index in [-0.39, 0.29) is 0 Å². The zero-order valence-corrected chi connectivity index (χ0v) is 9.53. The Balaban J connectivity index is 2.12. The van der Waals surface area contributed by atoms with Gasteiger partial charge in [0, 0.05) is 12.2 Å². The molecule has 0 saturated heterocycles. The molecule has 82 valence electrons. The van der Waals surface area contributed by atoms with Gasteiger partial charge in [-0.1, -0.05) is 24.3 Å². The quantitative estimate of drug-likeness (QED) is 0.564. The van der Waals surface area contributed by atoms with E-state index in [0.717, 1.165) is 13.0 Å². The molecule has 1 N–H and O–H groups in total. The molecule has 17 heavy (non-hydrogen) atoms. The summed E-state index contributed by atoms with van der Waals surface area (Å²) in [6.07, 6.45) is 1.15. The normalized spacial score (nSPS) is 13.9. The molecule has 0 atom stereocenters. The zero-order chi connectivity index (χ0) is 11.2. The summed E-state index contributed by atoms with van der Waals surface area (Å²) in [5.74, 6) is 0. The van der Waals surface area contributed by atoms with Gasteiger partial charge in [0.15, 0.2) is 0 Å². The highest BCUT2D eigenvalue weighted by atomic mass is 14.9. The van der Waals surface area contributed by atoms with Gasteiger partial charge in [-0.2, -0.15) is 0 Å². The van der Waals surface area contributed by atoms with E-state index in [0.29, 0.717) is 0 Å². The molecule has 1 nitrogen and oxygen atoms in total. The van der Waals surface area contributed by atoms with E-state index in [2.05, 4.69) is 53.8 Å². The monoisotopic (exact) mass is 219 g/mol. The van der Waals surface area contributed by atoms with Crippen molar-refractivity contribution in [1.82, 2.24) is 0 Å². The number of fused-ring (bicyclic) bond motifs is 3. The summed E-state index contributed by atoms with van der Waals surface area (Å²) < 4.78 is 0. The maximum atomic E-state index is 3.44. The highest BCUT2D eigenvalue weighted by Crippen LogP contribution is 2.30. The molecule has 0 aliphatic carbocycles. The second-order valence-corrected chi connectivity index (χ2v) is 4.73. The Morgan fingerprint density at radius 1 is 0.765 bits per heavy atom. The van der Waals surface area contributed by atoms with Crippen LogP contribution in [-0.4, -0.2) is 6.54 Å². The molecule has 0 amide bonds. The molecule has 1 heteroatoms. The lowest BCUT2D eigenvalue weighted by Crippen LogP contribution is -1.90. The van der Waals surface area contributed by atoms with Crippen LogP contribution in [-0.2, 0) is 6.42 Å². The first-order valence-electron chi connectivity index (χ1n) is 6.09. The van der Waals surface area contributed by atoms with Gasteiger partial charge in [-0.3, -0.25) is 0 Å². The number of rotatable bonds is 0. The summed E-state index contributed by atoms with van der Waals surface area (Å²) >= 11 is 0. The van der Waals surface area contributed by atoms with Crippen LogP contribution in [0.2, 0.25) is 0 Å². The summed E-state index contributed by atoms with van der Waals surface area (Å²) in [5, 5.41) is 8.77. The second kappa shape index (κ2) is 3.24. The predicted molar refractivity (Wildman–Crippen MR) is 73.6 cm³/mol. The summed E-state index contributed by atoms with van der Waals surface area (Å²) in [7, 11) is 0. The Labute approximate surface area is 100 Å². The van der Waals surface area contributed by atoms with Crippen molar-refractivity contribution in [2.75, 3.05) is 11.9 Å². The highest BCUT2D eigenvalue weighted by molar-refractivity contribution is 6.00. The fourth-order valence-corrected chi connectivity index (χ4v) is 2.74. The zero-order valence-electron chi connectivity index (χ0n) is 9.53. The van der Waals surface area contributed by atoms with Gasteiger partial charge < -0.3 is 5.32 Å². The SMILES string of the molecule is c1ccc2cc3cc4c(cc3cc2c1)CCN4. The van der Waals surface area contributed by atoms with Gasteiger partial charge in [0.25, 0.3) is 0 Å². The van der Waals surface area contributed by atoms with E-state index in [9.17, 15) is 0 Å². The van der Waals surface area contributed by atoms with E-state index >= 15 is 0 Å². The molecular weight excluding hydrogens is 206 g/mol. The third-order valence-electron chi connectivity index (χ3n) is 3.64. The van der Waals surface area contributed by atoms with Crippen molar-refractivity contribution >= 4 is 27.2 Å². The van der Waals surface area contributed by atoms with Gasteiger partial charge in [-0.05, 0) is 57.8 Å². The average Bonchev–Trinajstić information content (AvgIpc) is 2.80. The molecule has 1 heterocycles. The molecule has 1 aliphatic rings. The maximum absolute atomic E-state index is 3.44. The highest BCUT2D eigenvalue weighted by Gasteiger charge is 2.10. The van der Waals surface area contributed by atoms with Crippen LogP contribution in [0.5, 0.6) is 0 Å². The third-order valence-corrected chi connectivity index (χ3v) is 3.64. The standard InChI is InChI=1S/C16H13N/c1-2-4-12-8-15-10-16-13(5-6-17-16)9-14(15)7-11(12)3-1/h1-4,7-10,17H,5-6H2. The minimum Gasteiger partial charge on any atom is -0.384 e. The molecule has 0 fully saturated rings. The van der Waals surface area contributed by atoms with Crippen molar-refractivity contribution in [3.05, 3.63) is 54.1 Å². The van der Waals surface area contributed by atoms with Crippen LogP contribution >= 0.6 is 0 Å². The van der Waals surface area contributed by atoms with Crippen molar-refractivity contribution in [1.29, 1.82) is 0 Å². The Hall–Kier alpha value is -2.02. The molecule has 3 aromatic rings. The van der Waals surface area contributed by atoms with E-state index in [4.69, 9.17) is 0 Å². The van der Waals surface area contributed by atoms with Gasteiger partial charge in [0.2, 0.25) is 0 Å². The van der Waals surface area contributed by atoms with Crippen LogP contribution in [0.25, 0.3) is 21.5 Å². The van der Waals surface area contributed by atoms with Gasteiger partial charge in [-0.25, -0.2) is 0 Å². The lowest BCUT2D eigenvalue weighted by atomic mass is 10.0. The summed E-state index contributed by atoms with van der Waals surface area (Å²) in [4.78, 5) is 0. The van der Waals surface area contributed by atoms with E-state index in [1.807, 2.05) is 0 Å². The summed E-state index contributed by atoms with van der Waals surface area (Å²) in [5.41, 5.74) is 2.76. The summed E-state index contributed by atoms with van der Waals surface area (Å²) in [6.45, 7) is 1.07. The van der Waals surface area contributed by atoms with Crippen molar-refractivity contribution in [2.45, 2.75) is 6.42 Å². The fraction of sp³-hybridized carbons (Fsp3) is 0.125. The smallest absolute Gasteiger partial charge is 0.0379 e. The Kier molecular flexibility index (Phi) is 1.72. The Morgan fingerprint density at radius 2 is 1.47 bits per heavy atom. The molecule has 0 bridgehead atoms. The van der Waals surface area contributed by atoms with Gasteiger partial charge in [-0.15, -0.1) is 0 Å². The van der Waals surface area contributed by atoms with E-state index in [1.54, 1.807) is 0 Å². The van der Waals surface area contributed by atoms with Crippen molar-refractivity contribution in [3.63, 3.8) is 0 Å².